The molecule has 1 aromatic carbocycles. The van der Waals surface area contributed by atoms with Gasteiger partial charge in [0.2, 0.25) is 0 Å². The lowest BCUT2D eigenvalue weighted by molar-refractivity contribution is 0.563. The summed E-state index contributed by atoms with van der Waals surface area (Å²) in [6, 6.07) is 6.96. The Bertz CT molecular complexity index is 635. The molecule has 1 aliphatic carbocycles. The predicted molar refractivity (Wildman–Crippen MR) is 69.7 cm³/mol. The van der Waals surface area contributed by atoms with Gasteiger partial charge < -0.3 is 0 Å². The summed E-state index contributed by atoms with van der Waals surface area (Å²) >= 11 is 0. The van der Waals surface area contributed by atoms with Crippen molar-refractivity contribution in [3.05, 3.63) is 42.0 Å². The number of aromatic nitrogens is 2. The molecule has 4 heteroatoms. The fourth-order valence-electron chi connectivity index (χ4n) is 2.16. The van der Waals surface area contributed by atoms with E-state index in [4.69, 9.17) is 5.26 Å². The number of halogens is 1. The fourth-order valence-corrected chi connectivity index (χ4v) is 2.16. The molecule has 96 valence electrons. The molecule has 1 aliphatic rings. The van der Waals surface area contributed by atoms with Crippen LogP contribution in [0.15, 0.2) is 30.6 Å². The Labute approximate surface area is 111 Å². The highest BCUT2D eigenvalue weighted by atomic mass is 19.1. The molecular weight excluding hydrogens is 241 g/mol. The first-order valence-corrected chi connectivity index (χ1v) is 6.44. The molecule has 0 spiro atoms. The van der Waals surface area contributed by atoms with E-state index in [-0.39, 0.29) is 12.2 Å². The Morgan fingerprint density at radius 3 is 2.95 bits per heavy atom. The lowest BCUT2D eigenvalue weighted by Gasteiger charge is -2.02. The number of benzene rings is 1. The summed E-state index contributed by atoms with van der Waals surface area (Å²) in [5.74, 6) is 0.453. The van der Waals surface area contributed by atoms with E-state index in [1.54, 1.807) is 18.3 Å². The second-order valence-electron chi connectivity index (χ2n) is 5.04. The topological polar surface area (TPSA) is 41.6 Å². The first kappa shape index (κ1) is 11.9. The van der Waals surface area contributed by atoms with Gasteiger partial charge in [-0.1, -0.05) is 12.1 Å². The number of hydrogen-bond acceptors (Lipinski definition) is 2. The van der Waals surface area contributed by atoms with Crippen LogP contribution in [0.5, 0.6) is 0 Å². The van der Waals surface area contributed by atoms with E-state index in [2.05, 4.69) is 5.10 Å². The summed E-state index contributed by atoms with van der Waals surface area (Å²) in [6.45, 7) is 0.925. The second kappa shape index (κ2) is 4.85. The third-order valence-electron chi connectivity index (χ3n) is 3.40. The second-order valence-corrected chi connectivity index (χ2v) is 5.04. The summed E-state index contributed by atoms with van der Waals surface area (Å²) in [5.41, 5.74) is 2.04. The van der Waals surface area contributed by atoms with E-state index < -0.39 is 0 Å². The summed E-state index contributed by atoms with van der Waals surface area (Å²) in [5, 5.41) is 12.9. The van der Waals surface area contributed by atoms with Gasteiger partial charge in [-0.05, 0) is 30.4 Å². The number of hydrogen-bond donors (Lipinski definition) is 0. The predicted octanol–water partition coefficient (Wildman–Crippen LogP) is 3.17. The maximum Gasteiger partial charge on any atom is 0.131 e. The van der Waals surface area contributed by atoms with Gasteiger partial charge in [-0.25, -0.2) is 4.39 Å². The van der Waals surface area contributed by atoms with Gasteiger partial charge in [-0.15, -0.1) is 0 Å². The molecule has 19 heavy (non-hydrogen) atoms. The molecule has 2 aromatic rings. The van der Waals surface area contributed by atoms with Crippen molar-refractivity contribution in [2.24, 2.45) is 5.92 Å². The smallest absolute Gasteiger partial charge is 0.131 e. The van der Waals surface area contributed by atoms with E-state index in [1.165, 1.54) is 18.9 Å². The normalized spacial score (nSPS) is 14.3. The van der Waals surface area contributed by atoms with Crippen molar-refractivity contribution in [2.45, 2.75) is 25.8 Å². The molecule has 0 N–H and O–H groups in total. The van der Waals surface area contributed by atoms with E-state index in [0.717, 1.165) is 18.0 Å². The molecule has 0 radical (unpaired) electrons. The minimum Gasteiger partial charge on any atom is -0.272 e. The number of nitrogens with zero attached hydrogens (tertiary/aromatic N) is 3. The molecular formula is C15H14FN3. The van der Waals surface area contributed by atoms with Crippen molar-refractivity contribution >= 4 is 0 Å². The highest BCUT2D eigenvalue weighted by Crippen LogP contribution is 2.31. The van der Waals surface area contributed by atoms with Crippen LogP contribution in [0.1, 0.15) is 18.4 Å². The molecule has 0 atom stereocenters. The van der Waals surface area contributed by atoms with Crippen LogP contribution < -0.4 is 0 Å². The van der Waals surface area contributed by atoms with Crippen molar-refractivity contribution < 1.29 is 4.39 Å². The van der Waals surface area contributed by atoms with Crippen molar-refractivity contribution in [1.82, 2.24) is 9.78 Å². The van der Waals surface area contributed by atoms with Crippen LogP contribution in [-0.4, -0.2) is 9.78 Å². The van der Waals surface area contributed by atoms with E-state index in [1.807, 2.05) is 16.9 Å². The average Bonchev–Trinajstić information content (AvgIpc) is 3.07. The van der Waals surface area contributed by atoms with Gasteiger partial charge in [0, 0.05) is 23.9 Å². The molecule has 1 heterocycles. The minimum absolute atomic E-state index is 0.234. The van der Waals surface area contributed by atoms with Crippen LogP contribution in [-0.2, 0) is 13.0 Å². The van der Waals surface area contributed by atoms with Crippen molar-refractivity contribution in [3.63, 3.8) is 0 Å². The van der Waals surface area contributed by atoms with Crippen LogP contribution in [0.2, 0.25) is 0 Å². The molecule has 1 saturated carbocycles. The van der Waals surface area contributed by atoms with E-state index in [0.29, 0.717) is 11.1 Å². The van der Waals surface area contributed by atoms with Gasteiger partial charge in [0.25, 0.3) is 0 Å². The molecule has 3 nitrogen and oxygen atoms in total. The zero-order valence-electron chi connectivity index (χ0n) is 10.5. The largest absolute Gasteiger partial charge is 0.272 e. The maximum atomic E-state index is 14.0. The standard InChI is InChI=1S/C15H14FN3/c16-15-7-11(5-6-17)3-4-14(15)13-8-18-19(10-13)9-12-1-2-12/h3-4,7-8,10,12H,1-2,5,9H2. The zero-order chi connectivity index (χ0) is 13.2. The van der Waals surface area contributed by atoms with Crippen molar-refractivity contribution in [2.75, 3.05) is 0 Å². The third kappa shape index (κ3) is 2.65. The lowest BCUT2D eigenvalue weighted by atomic mass is 10.1. The van der Waals surface area contributed by atoms with Crippen molar-refractivity contribution in [3.8, 4) is 17.2 Å². The minimum atomic E-state index is -0.293. The zero-order valence-corrected chi connectivity index (χ0v) is 10.5. The third-order valence-corrected chi connectivity index (χ3v) is 3.40. The van der Waals surface area contributed by atoms with Gasteiger partial charge >= 0.3 is 0 Å². The van der Waals surface area contributed by atoms with Gasteiger partial charge in [-0.2, -0.15) is 10.4 Å². The molecule has 0 amide bonds. The molecule has 0 aliphatic heterocycles. The maximum absolute atomic E-state index is 14.0. The van der Waals surface area contributed by atoms with Crippen LogP contribution in [0.3, 0.4) is 0 Å². The molecule has 0 unspecified atom stereocenters. The van der Waals surface area contributed by atoms with Gasteiger partial charge in [0.1, 0.15) is 5.82 Å². The molecule has 1 fully saturated rings. The highest BCUT2D eigenvalue weighted by Gasteiger charge is 2.22. The fraction of sp³-hybridized carbons (Fsp3) is 0.333. The van der Waals surface area contributed by atoms with Gasteiger partial charge in [0.15, 0.2) is 0 Å². The quantitative estimate of drug-likeness (QED) is 0.842. The first-order chi connectivity index (χ1) is 9.26. The summed E-state index contributed by atoms with van der Waals surface area (Å²) in [4.78, 5) is 0. The summed E-state index contributed by atoms with van der Waals surface area (Å²) in [6.07, 6.45) is 6.36. The van der Waals surface area contributed by atoms with Crippen LogP contribution in [0, 0.1) is 23.1 Å². The Hall–Kier alpha value is -2.15. The SMILES string of the molecule is N#CCc1ccc(-c2cnn(CC3CC3)c2)c(F)c1. The molecule has 3 rings (SSSR count). The number of rotatable bonds is 4. The van der Waals surface area contributed by atoms with Crippen molar-refractivity contribution in [1.29, 1.82) is 5.26 Å². The van der Waals surface area contributed by atoms with E-state index in [9.17, 15) is 4.39 Å². The monoisotopic (exact) mass is 255 g/mol. The molecule has 0 bridgehead atoms. The first-order valence-electron chi connectivity index (χ1n) is 6.44. The highest BCUT2D eigenvalue weighted by molar-refractivity contribution is 5.63. The summed E-state index contributed by atoms with van der Waals surface area (Å²) in [7, 11) is 0. The molecule has 1 aromatic heterocycles. The molecule has 0 saturated heterocycles. The Balaban J connectivity index is 1.84. The van der Waals surface area contributed by atoms with Crippen LogP contribution >= 0.6 is 0 Å². The number of nitriles is 1. The Morgan fingerprint density at radius 2 is 2.26 bits per heavy atom. The van der Waals surface area contributed by atoms with E-state index >= 15 is 0 Å². The van der Waals surface area contributed by atoms with Gasteiger partial charge in [0.05, 0.1) is 18.7 Å². The van der Waals surface area contributed by atoms with Crippen LogP contribution in [0.25, 0.3) is 11.1 Å². The average molecular weight is 255 g/mol. The van der Waals surface area contributed by atoms with Crippen LogP contribution in [0.4, 0.5) is 4.39 Å². The Morgan fingerprint density at radius 1 is 1.42 bits per heavy atom. The Kier molecular flexibility index (Phi) is 3.04. The van der Waals surface area contributed by atoms with Gasteiger partial charge in [-0.3, -0.25) is 4.68 Å². The lowest BCUT2D eigenvalue weighted by Crippen LogP contribution is -1.99. The summed E-state index contributed by atoms with van der Waals surface area (Å²) < 4.78 is 15.9.